The number of nitrogens with zero attached hydrogens (tertiary/aromatic N) is 4. The molecular weight excluding hydrogens is 569 g/mol. The third-order valence-electron chi connectivity index (χ3n) is 5.66. The van der Waals surface area contributed by atoms with E-state index in [0.717, 1.165) is 0 Å². The quantitative estimate of drug-likeness (QED) is 0.242. The first kappa shape index (κ1) is 28.2. The molecule has 13 heteroatoms. The van der Waals surface area contributed by atoms with E-state index in [2.05, 4.69) is 10.3 Å². The van der Waals surface area contributed by atoms with Crippen LogP contribution in [-0.2, 0) is 14.8 Å². The van der Waals surface area contributed by atoms with Gasteiger partial charge in [-0.3, -0.25) is 9.36 Å². The summed E-state index contributed by atoms with van der Waals surface area (Å²) < 4.78 is 35.0. The van der Waals surface area contributed by atoms with E-state index in [1.165, 1.54) is 28.3 Å². The van der Waals surface area contributed by atoms with E-state index in [9.17, 15) is 13.2 Å². The maximum absolute atomic E-state index is 13.1. The summed E-state index contributed by atoms with van der Waals surface area (Å²) in [6, 6.07) is 13.7. The number of hydrogen-bond acceptors (Lipinski definition) is 7. The SMILES string of the molecule is CCN(CC)S(=O)(=O)c1ccc2c(c1)nc(SCC(=O)Nc1ncc(Cl)cc1Cl)n2-c1ccccc1OC. The van der Waals surface area contributed by atoms with Crippen molar-refractivity contribution in [3.8, 4) is 11.4 Å². The Labute approximate surface area is 235 Å². The topological polar surface area (TPSA) is 106 Å². The fourth-order valence-corrected chi connectivity index (χ4v) is 6.59. The molecule has 0 unspecified atom stereocenters. The van der Waals surface area contributed by atoms with E-state index in [-0.39, 0.29) is 27.4 Å². The Balaban J connectivity index is 1.73. The van der Waals surface area contributed by atoms with Crippen molar-refractivity contribution >= 4 is 67.7 Å². The van der Waals surface area contributed by atoms with E-state index in [4.69, 9.17) is 32.9 Å². The monoisotopic (exact) mass is 593 g/mol. The minimum atomic E-state index is -3.68. The van der Waals surface area contributed by atoms with Gasteiger partial charge < -0.3 is 10.1 Å². The van der Waals surface area contributed by atoms with E-state index in [1.54, 1.807) is 39.2 Å². The number of anilines is 1. The molecule has 0 fully saturated rings. The number of hydrogen-bond donors (Lipinski definition) is 1. The van der Waals surface area contributed by atoms with Crippen LogP contribution in [0.5, 0.6) is 5.75 Å². The molecule has 0 saturated heterocycles. The van der Waals surface area contributed by atoms with Crippen LogP contribution in [0.1, 0.15) is 13.8 Å². The number of para-hydroxylation sites is 2. The number of fused-ring (bicyclic) bond motifs is 1. The van der Waals surface area contributed by atoms with Gasteiger partial charge in [0.2, 0.25) is 15.9 Å². The predicted molar refractivity (Wildman–Crippen MR) is 151 cm³/mol. The third kappa shape index (κ3) is 5.76. The van der Waals surface area contributed by atoms with Crippen LogP contribution in [0.3, 0.4) is 0 Å². The number of nitrogens with one attached hydrogen (secondary N) is 1. The number of sulfonamides is 1. The molecule has 9 nitrogen and oxygen atoms in total. The van der Waals surface area contributed by atoms with Crippen molar-refractivity contribution in [1.29, 1.82) is 0 Å². The Morgan fingerprint density at radius 2 is 1.87 bits per heavy atom. The van der Waals surface area contributed by atoms with Crippen molar-refractivity contribution < 1.29 is 17.9 Å². The van der Waals surface area contributed by atoms with Crippen LogP contribution >= 0.6 is 35.0 Å². The molecule has 0 saturated carbocycles. The van der Waals surface area contributed by atoms with Crippen LogP contribution in [0.15, 0.2) is 64.8 Å². The normalized spacial score (nSPS) is 11.7. The van der Waals surface area contributed by atoms with Gasteiger partial charge in [0.15, 0.2) is 11.0 Å². The second kappa shape index (κ2) is 11.9. The third-order valence-corrected chi connectivity index (χ3v) is 9.14. The maximum Gasteiger partial charge on any atom is 0.243 e. The van der Waals surface area contributed by atoms with Gasteiger partial charge >= 0.3 is 0 Å². The molecule has 2 heterocycles. The number of carbonyl (C=O) groups excluding carboxylic acids is 1. The molecule has 38 heavy (non-hydrogen) atoms. The van der Waals surface area contributed by atoms with Crippen LogP contribution in [0.4, 0.5) is 5.82 Å². The van der Waals surface area contributed by atoms with Crippen molar-refractivity contribution in [3.05, 3.63) is 64.8 Å². The number of ether oxygens (including phenoxy) is 1. The Kier molecular flexibility index (Phi) is 8.84. The molecule has 0 spiro atoms. The van der Waals surface area contributed by atoms with E-state index in [1.807, 2.05) is 28.8 Å². The van der Waals surface area contributed by atoms with Gasteiger partial charge in [0.1, 0.15) is 5.75 Å². The Morgan fingerprint density at radius 3 is 2.55 bits per heavy atom. The zero-order valence-electron chi connectivity index (χ0n) is 20.8. The number of imidazole rings is 1. The molecule has 0 bridgehead atoms. The lowest BCUT2D eigenvalue weighted by atomic mass is 10.2. The lowest BCUT2D eigenvalue weighted by molar-refractivity contribution is -0.113. The molecule has 0 radical (unpaired) electrons. The minimum Gasteiger partial charge on any atom is -0.495 e. The number of pyridine rings is 1. The Bertz CT molecular complexity index is 1590. The summed E-state index contributed by atoms with van der Waals surface area (Å²) in [6.07, 6.45) is 1.39. The fraction of sp³-hybridized carbons (Fsp3) is 0.240. The van der Waals surface area contributed by atoms with Crippen LogP contribution in [-0.4, -0.2) is 59.1 Å². The molecule has 2 aromatic heterocycles. The summed E-state index contributed by atoms with van der Waals surface area (Å²) in [7, 11) is -2.12. The zero-order chi connectivity index (χ0) is 27.4. The van der Waals surface area contributed by atoms with E-state index < -0.39 is 10.0 Å². The number of halogens is 2. The highest BCUT2D eigenvalue weighted by atomic mass is 35.5. The maximum atomic E-state index is 13.1. The molecule has 0 aliphatic heterocycles. The van der Waals surface area contributed by atoms with Gasteiger partial charge in [-0.1, -0.05) is 60.9 Å². The molecule has 2 aromatic carbocycles. The first-order valence-electron chi connectivity index (χ1n) is 11.6. The highest BCUT2D eigenvalue weighted by molar-refractivity contribution is 7.99. The van der Waals surface area contributed by atoms with Crippen LogP contribution in [0.25, 0.3) is 16.7 Å². The van der Waals surface area contributed by atoms with Gasteiger partial charge in [-0.05, 0) is 36.4 Å². The number of aromatic nitrogens is 3. The summed E-state index contributed by atoms with van der Waals surface area (Å²) >= 11 is 13.2. The molecule has 0 aliphatic rings. The van der Waals surface area contributed by atoms with Crippen LogP contribution < -0.4 is 10.1 Å². The summed E-state index contributed by atoms with van der Waals surface area (Å²) in [5.41, 5.74) is 1.83. The van der Waals surface area contributed by atoms with E-state index in [0.29, 0.717) is 45.7 Å². The van der Waals surface area contributed by atoms with Gasteiger partial charge in [0.05, 0.1) is 44.5 Å². The summed E-state index contributed by atoms with van der Waals surface area (Å²) in [5.74, 6) is 0.431. The second-order valence-electron chi connectivity index (χ2n) is 7.96. The number of carbonyl (C=O) groups is 1. The lowest BCUT2D eigenvalue weighted by Gasteiger charge is -2.18. The van der Waals surface area contributed by atoms with Crippen molar-refractivity contribution in [2.45, 2.75) is 23.9 Å². The molecule has 200 valence electrons. The molecule has 4 aromatic rings. The van der Waals surface area contributed by atoms with Crippen LogP contribution in [0, 0.1) is 0 Å². The summed E-state index contributed by atoms with van der Waals surface area (Å²) in [6.45, 7) is 4.30. The minimum absolute atomic E-state index is 0.0102. The van der Waals surface area contributed by atoms with Crippen molar-refractivity contribution in [2.75, 3.05) is 31.3 Å². The van der Waals surface area contributed by atoms with Crippen LogP contribution in [0.2, 0.25) is 10.0 Å². The number of amides is 1. The fourth-order valence-electron chi connectivity index (χ4n) is 3.86. The molecular formula is C25H25Cl2N5O4S2. The summed E-state index contributed by atoms with van der Waals surface area (Å²) in [5, 5.41) is 3.73. The molecule has 0 atom stereocenters. The zero-order valence-corrected chi connectivity index (χ0v) is 24.0. The average Bonchev–Trinajstić information content (AvgIpc) is 3.27. The van der Waals surface area contributed by atoms with Crippen molar-refractivity contribution in [3.63, 3.8) is 0 Å². The second-order valence-corrected chi connectivity index (χ2v) is 11.7. The molecule has 4 rings (SSSR count). The lowest BCUT2D eigenvalue weighted by Crippen LogP contribution is -2.30. The standard InChI is InChI=1S/C25H25Cl2N5O4S2/c1-4-31(5-2)38(34,35)17-10-11-20-19(13-17)29-25(32(20)21-8-6-7-9-22(21)36-3)37-15-23(33)30-24-18(27)12-16(26)14-28-24/h6-14H,4-5,15H2,1-3H3,(H,28,30,33). The smallest absolute Gasteiger partial charge is 0.243 e. The largest absolute Gasteiger partial charge is 0.495 e. The molecule has 1 N–H and O–H groups in total. The van der Waals surface area contributed by atoms with Gasteiger partial charge in [0, 0.05) is 19.3 Å². The first-order valence-corrected chi connectivity index (χ1v) is 14.8. The number of rotatable bonds is 10. The Hall–Kier alpha value is -2.83. The summed E-state index contributed by atoms with van der Waals surface area (Å²) in [4.78, 5) is 21.6. The number of thioether (sulfide) groups is 1. The highest BCUT2D eigenvalue weighted by Crippen LogP contribution is 2.34. The number of benzene rings is 2. The predicted octanol–water partition coefficient (Wildman–Crippen LogP) is 5.50. The van der Waals surface area contributed by atoms with Gasteiger partial charge in [-0.15, -0.1) is 0 Å². The van der Waals surface area contributed by atoms with Gasteiger partial charge in [0.25, 0.3) is 0 Å². The first-order chi connectivity index (χ1) is 18.2. The molecule has 0 aliphatic carbocycles. The highest BCUT2D eigenvalue weighted by Gasteiger charge is 2.24. The van der Waals surface area contributed by atoms with Gasteiger partial charge in [-0.25, -0.2) is 18.4 Å². The van der Waals surface area contributed by atoms with E-state index >= 15 is 0 Å². The molecule has 1 amide bonds. The van der Waals surface area contributed by atoms with Crippen molar-refractivity contribution in [2.24, 2.45) is 0 Å². The van der Waals surface area contributed by atoms with Gasteiger partial charge in [-0.2, -0.15) is 4.31 Å². The van der Waals surface area contributed by atoms with Crippen molar-refractivity contribution in [1.82, 2.24) is 18.8 Å². The number of methoxy groups -OCH3 is 1. The Morgan fingerprint density at radius 1 is 1.13 bits per heavy atom. The average molecular weight is 595 g/mol.